The molecule has 0 aliphatic rings. The standard InChI is InChI=1S/C16H15N3O/c1-19-11-14(10-18-19)16(20)17-9-13-7-4-6-12-5-2-3-8-15(12)13/h2-8,10-11H,9H2,1H3,(H,17,20). The predicted octanol–water partition coefficient (Wildman–Crippen LogP) is 2.50. The Hall–Kier alpha value is -2.62. The molecule has 0 unspecified atom stereocenters. The van der Waals surface area contributed by atoms with E-state index in [0.717, 1.165) is 5.56 Å². The third kappa shape index (κ3) is 2.40. The van der Waals surface area contributed by atoms with Gasteiger partial charge in [0.25, 0.3) is 5.91 Å². The maximum absolute atomic E-state index is 12.0. The van der Waals surface area contributed by atoms with Crippen molar-refractivity contribution in [2.24, 2.45) is 7.05 Å². The van der Waals surface area contributed by atoms with Crippen LogP contribution < -0.4 is 5.32 Å². The van der Waals surface area contributed by atoms with Crippen LogP contribution in [0.3, 0.4) is 0 Å². The van der Waals surface area contributed by atoms with Gasteiger partial charge in [0.15, 0.2) is 0 Å². The number of rotatable bonds is 3. The van der Waals surface area contributed by atoms with Crippen LogP contribution in [0.4, 0.5) is 0 Å². The Morgan fingerprint density at radius 1 is 1.20 bits per heavy atom. The van der Waals surface area contributed by atoms with Crippen molar-refractivity contribution in [3.05, 3.63) is 66.0 Å². The molecular weight excluding hydrogens is 250 g/mol. The minimum atomic E-state index is -0.106. The fourth-order valence-electron chi connectivity index (χ4n) is 2.26. The molecule has 0 saturated heterocycles. The quantitative estimate of drug-likeness (QED) is 0.791. The molecule has 1 N–H and O–H groups in total. The lowest BCUT2D eigenvalue weighted by atomic mass is 10.0. The summed E-state index contributed by atoms with van der Waals surface area (Å²) >= 11 is 0. The molecular formula is C16H15N3O. The van der Waals surface area contributed by atoms with E-state index in [1.54, 1.807) is 24.1 Å². The number of amides is 1. The Morgan fingerprint density at radius 2 is 2.00 bits per heavy atom. The average molecular weight is 265 g/mol. The van der Waals surface area contributed by atoms with Gasteiger partial charge in [-0.2, -0.15) is 5.10 Å². The molecule has 2 aromatic carbocycles. The Kier molecular flexibility index (Phi) is 3.21. The maximum atomic E-state index is 12.0. The molecule has 0 bridgehead atoms. The van der Waals surface area contributed by atoms with Crippen LogP contribution >= 0.6 is 0 Å². The minimum Gasteiger partial charge on any atom is -0.348 e. The second-order valence-corrected chi connectivity index (χ2v) is 4.72. The molecule has 0 spiro atoms. The first kappa shape index (κ1) is 12.4. The van der Waals surface area contributed by atoms with E-state index < -0.39 is 0 Å². The number of benzene rings is 2. The van der Waals surface area contributed by atoms with Crippen molar-refractivity contribution in [2.75, 3.05) is 0 Å². The van der Waals surface area contributed by atoms with E-state index in [0.29, 0.717) is 12.1 Å². The molecule has 0 atom stereocenters. The summed E-state index contributed by atoms with van der Waals surface area (Å²) in [4.78, 5) is 12.0. The number of fused-ring (bicyclic) bond motifs is 1. The number of nitrogens with one attached hydrogen (secondary N) is 1. The number of hydrogen-bond acceptors (Lipinski definition) is 2. The third-order valence-electron chi connectivity index (χ3n) is 3.29. The molecule has 3 rings (SSSR count). The largest absolute Gasteiger partial charge is 0.348 e. The van der Waals surface area contributed by atoms with Crippen molar-refractivity contribution < 1.29 is 4.79 Å². The molecule has 1 amide bonds. The molecule has 1 aromatic heterocycles. The van der Waals surface area contributed by atoms with Gasteiger partial charge in [0.1, 0.15) is 0 Å². The number of nitrogens with zero attached hydrogens (tertiary/aromatic N) is 2. The number of carbonyl (C=O) groups excluding carboxylic acids is 1. The molecule has 0 radical (unpaired) electrons. The van der Waals surface area contributed by atoms with Crippen molar-refractivity contribution in [3.63, 3.8) is 0 Å². The second-order valence-electron chi connectivity index (χ2n) is 4.72. The van der Waals surface area contributed by atoms with Gasteiger partial charge in [0, 0.05) is 19.8 Å². The van der Waals surface area contributed by atoms with Crippen LogP contribution in [0, 0.1) is 0 Å². The van der Waals surface area contributed by atoms with Gasteiger partial charge in [-0.25, -0.2) is 0 Å². The lowest BCUT2D eigenvalue weighted by Crippen LogP contribution is -2.22. The van der Waals surface area contributed by atoms with E-state index in [4.69, 9.17) is 0 Å². The minimum absolute atomic E-state index is 0.106. The van der Waals surface area contributed by atoms with Crippen LogP contribution in [-0.2, 0) is 13.6 Å². The first-order valence-corrected chi connectivity index (χ1v) is 6.47. The van der Waals surface area contributed by atoms with Gasteiger partial charge in [-0.3, -0.25) is 9.48 Å². The van der Waals surface area contributed by atoms with E-state index in [2.05, 4.69) is 28.6 Å². The summed E-state index contributed by atoms with van der Waals surface area (Å²) in [6.07, 6.45) is 3.27. The van der Waals surface area contributed by atoms with E-state index in [1.165, 1.54) is 10.8 Å². The van der Waals surface area contributed by atoms with E-state index in [9.17, 15) is 4.79 Å². The molecule has 0 fully saturated rings. The summed E-state index contributed by atoms with van der Waals surface area (Å²) in [5.74, 6) is -0.106. The topological polar surface area (TPSA) is 46.9 Å². The Labute approximate surface area is 117 Å². The smallest absolute Gasteiger partial charge is 0.254 e. The van der Waals surface area contributed by atoms with Crippen LogP contribution in [0.25, 0.3) is 10.8 Å². The van der Waals surface area contributed by atoms with Crippen LogP contribution in [0.1, 0.15) is 15.9 Å². The highest BCUT2D eigenvalue weighted by atomic mass is 16.1. The average Bonchev–Trinajstić information content (AvgIpc) is 2.91. The molecule has 20 heavy (non-hydrogen) atoms. The normalized spacial score (nSPS) is 10.7. The number of hydrogen-bond donors (Lipinski definition) is 1. The Balaban J connectivity index is 1.79. The fraction of sp³-hybridized carbons (Fsp3) is 0.125. The molecule has 1 heterocycles. The highest BCUT2D eigenvalue weighted by Crippen LogP contribution is 2.18. The fourth-order valence-corrected chi connectivity index (χ4v) is 2.26. The van der Waals surface area contributed by atoms with Crippen molar-refractivity contribution >= 4 is 16.7 Å². The lowest BCUT2D eigenvalue weighted by Gasteiger charge is -2.07. The lowest BCUT2D eigenvalue weighted by molar-refractivity contribution is 0.0951. The number of carbonyl (C=O) groups is 1. The number of aromatic nitrogens is 2. The summed E-state index contributed by atoms with van der Waals surface area (Å²) < 4.78 is 1.62. The van der Waals surface area contributed by atoms with Gasteiger partial charge in [-0.1, -0.05) is 42.5 Å². The van der Waals surface area contributed by atoms with Gasteiger partial charge in [-0.05, 0) is 16.3 Å². The Bertz CT molecular complexity index is 756. The first-order chi connectivity index (χ1) is 9.74. The molecule has 0 aliphatic carbocycles. The summed E-state index contributed by atoms with van der Waals surface area (Å²) in [7, 11) is 1.79. The highest BCUT2D eigenvalue weighted by molar-refractivity contribution is 5.94. The predicted molar refractivity (Wildman–Crippen MR) is 78.3 cm³/mol. The van der Waals surface area contributed by atoms with E-state index in [-0.39, 0.29) is 5.91 Å². The van der Waals surface area contributed by atoms with Crippen molar-refractivity contribution in [3.8, 4) is 0 Å². The summed E-state index contributed by atoms with van der Waals surface area (Å²) in [5, 5.41) is 9.28. The Morgan fingerprint density at radius 3 is 2.80 bits per heavy atom. The van der Waals surface area contributed by atoms with E-state index >= 15 is 0 Å². The SMILES string of the molecule is Cn1cc(C(=O)NCc2cccc3ccccc23)cn1. The summed E-state index contributed by atoms with van der Waals surface area (Å²) in [5.41, 5.74) is 1.69. The molecule has 100 valence electrons. The van der Waals surface area contributed by atoms with Gasteiger partial charge >= 0.3 is 0 Å². The summed E-state index contributed by atoms with van der Waals surface area (Å²) in [6, 6.07) is 14.3. The van der Waals surface area contributed by atoms with Crippen molar-refractivity contribution in [1.82, 2.24) is 15.1 Å². The van der Waals surface area contributed by atoms with Crippen LogP contribution in [0.15, 0.2) is 54.9 Å². The van der Waals surface area contributed by atoms with Gasteiger partial charge in [0.05, 0.1) is 11.8 Å². The molecule has 0 saturated carbocycles. The molecule has 4 nitrogen and oxygen atoms in total. The first-order valence-electron chi connectivity index (χ1n) is 6.47. The van der Waals surface area contributed by atoms with Crippen molar-refractivity contribution in [2.45, 2.75) is 6.54 Å². The number of aryl methyl sites for hydroxylation is 1. The zero-order chi connectivity index (χ0) is 13.9. The van der Waals surface area contributed by atoms with Gasteiger partial charge < -0.3 is 5.32 Å². The second kappa shape index (κ2) is 5.17. The third-order valence-corrected chi connectivity index (χ3v) is 3.29. The zero-order valence-electron chi connectivity index (χ0n) is 11.2. The van der Waals surface area contributed by atoms with Crippen LogP contribution in [0.2, 0.25) is 0 Å². The highest BCUT2D eigenvalue weighted by Gasteiger charge is 2.08. The van der Waals surface area contributed by atoms with Gasteiger partial charge in [-0.15, -0.1) is 0 Å². The van der Waals surface area contributed by atoms with Crippen LogP contribution in [0.5, 0.6) is 0 Å². The molecule has 4 heteroatoms. The zero-order valence-corrected chi connectivity index (χ0v) is 11.2. The summed E-state index contributed by atoms with van der Waals surface area (Å²) in [6.45, 7) is 0.509. The van der Waals surface area contributed by atoms with E-state index in [1.807, 2.05) is 24.3 Å². The van der Waals surface area contributed by atoms with Crippen LogP contribution in [-0.4, -0.2) is 15.7 Å². The monoisotopic (exact) mass is 265 g/mol. The van der Waals surface area contributed by atoms with Gasteiger partial charge in [0.2, 0.25) is 0 Å². The van der Waals surface area contributed by atoms with Crippen molar-refractivity contribution in [1.29, 1.82) is 0 Å². The molecule has 3 aromatic rings. The molecule has 0 aliphatic heterocycles. The maximum Gasteiger partial charge on any atom is 0.254 e.